The van der Waals surface area contributed by atoms with Crippen LogP contribution in [-0.2, 0) is 29.8 Å². The number of hydrogen-bond donors (Lipinski definition) is 0. The van der Waals surface area contributed by atoms with Crippen LogP contribution in [-0.4, -0.2) is 21.6 Å². The molecule has 3 aromatic rings. The number of hydrogen-bond acceptors (Lipinski definition) is 2. The van der Waals surface area contributed by atoms with Gasteiger partial charge in [0.2, 0.25) is 0 Å². The van der Waals surface area contributed by atoms with Gasteiger partial charge in [-0.25, -0.2) is 0 Å². The Hall–Kier alpha value is -1.50. The van der Waals surface area contributed by atoms with Gasteiger partial charge in [0.05, 0.1) is 17.0 Å². The Morgan fingerprint density at radius 2 is 0.915 bits per heavy atom. The maximum absolute atomic E-state index is 5.67. The van der Waals surface area contributed by atoms with Gasteiger partial charge in [0.1, 0.15) is 0 Å². The third-order valence-electron chi connectivity index (χ3n) is 13.0. The molecule has 328 valence electrons. The molecule has 0 unspecified atom stereocenters. The molecule has 1 aliphatic heterocycles. The molecule has 6 heteroatoms. The van der Waals surface area contributed by atoms with Crippen molar-refractivity contribution in [3.63, 3.8) is 0 Å². The minimum atomic E-state index is -1.61. The standard InChI is InChI=1S/C28H39N2.C18H33P.C7H6.2ClH.Ru/c1-20-13-21(26(2,3)4)16-24(14-20)29-11-12-30(19-29)25-17-22(27(5,6)7)15-23(18-25)28(8,9)10;1-4-10-16(11-5-1)19(17-12-6-2-7-13-17)18-14-8-3-9-15-18;1-7-5-3-2-4-6-7;;;/h11-19H,1-10H3;16-18H,1-15H2;1-6H;2*1H;/q-1;;;;;+2/p-1. The van der Waals surface area contributed by atoms with E-state index >= 15 is 0 Å². The first-order valence-corrected chi connectivity index (χ1v) is 30.2. The Balaban J connectivity index is 0.000000192. The van der Waals surface area contributed by atoms with Gasteiger partial charge in [-0.3, -0.25) is 0 Å². The summed E-state index contributed by atoms with van der Waals surface area (Å²) in [6.07, 6.45) is 28.1. The van der Waals surface area contributed by atoms with E-state index in [9.17, 15) is 0 Å². The average molecular weight is 947 g/mol. The first kappa shape index (κ1) is 48.5. The van der Waals surface area contributed by atoms with Crippen LogP contribution >= 0.6 is 27.3 Å². The molecule has 3 fully saturated rings. The van der Waals surface area contributed by atoms with E-state index in [2.05, 4.69) is 135 Å². The summed E-state index contributed by atoms with van der Waals surface area (Å²) in [5.41, 5.74) is 13.0. The first-order chi connectivity index (χ1) is 27.9. The molecule has 0 atom stereocenters. The van der Waals surface area contributed by atoms with Gasteiger partial charge in [0.25, 0.3) is 0 Å². The molecule has 3 aromatic carbocycles. The minimum absolute atomic E-state index is 0.0465. The third kappa shape index (κ3) is 15.1. The van der Waals surface area contributed by atoms with Crippen LogP contribution in [0.5, 0.6) is 0 Å². The molecule has 3 aliphatic carbocycles. The van der Waals surface area contributed by atoms with Gasteiger partial charge >= 0.3 is 73.4 Å². The predicted molar refractivity (Wildman–Crippen MR) is 264 cm³/mol. The van der Waals surface area contributed by atoms with Gasteiger partial charge in [-0.15, -0.1) is 6.67 Å². The molecule has 59 heavy (non-hydrogen) atoms. The second-order valence-corrected chi connectivity index (χ2v) is 30.2. The number of rotatable bonds is 6. The number of aryl methyl sites for hydroxylation is 1. The summed E-state index contributed by atoms with van der Waals surface area (Å²) in [6, 6.07) is 23.8. The van der Waals surface area contributed by atoms with Crippen molar-refractivity contribution in [1.82, 2.24) is 0 Å². The SMILES string of the molecule is C1CCC([PH+](C2CCCCC2)C2CCCCC2)CC1.Cc1cc(N2C=CN(c3cc(C(C)(C)C)cc(C(C)(C)C)c3)[CH-]2)cc(C(C)(C)C)c1.[Cl][Ru]([Cl])=[CH]c1ccccc1. The van der Waals surface area contributed by atoms with Gasteiger partial charge in [0.15, 0.2) is 0 Å². The molecule has 3 saturated carbocycles. The van der Waals surface area contributed by atoms with Crippen LogP contribution in [0.25, 0.3) is 0 Å². The zero-order valence-corrected chi connectivity index (χ0v) is 42.8. The second kappa shape index (κ2) is 22.2. The molecule has 0 amide bonds. The van der Waals surface area contributed by atoms with Crippen molar-refractivity contribution < 1.29 is 13.5 Å². The van der Waals surface area contributed by atoms with E-state index in [1.165, 1.54) is 50.6 Å². The number of anilines is 2. The van der Waals surface area contributed by atoms with Gasteiger partial charge in [-0.2, -0.15) is 0 Å². The molecule has 0 bridgehead atoms. The summed E-state index contributed by atoms with van der Waals surface area (Å²) in [6.45, 7) is 24.9. The fourth-order valence-electron chi connectivity index (χ4n) is 9.55. The molecular formula is C53H79Cl2N2PRu. The van der Waals surface area contributed by atoms with Crippen molar-refractivity contribution in [2.24, 2.45) is 0 Å². The molecular weight excluding hydrogens is 868 g/mol. The summed E-state index contributed by atoms with van der Waals surface area (Å²) in [7, 11) is 11.3. The number of halogens is 2. The van der Waals surface area contributed by atoms with Gasteiger partial charge in [-0.1, -0.05) is 93.7 Å². The Bertz CT molecular complexity index is 1720. The Labute approximate surface area is 376 Å². The molecule has 0 aromatic heterocycles. The van der Waals surface area contributed by atoms with E-state index in [1.807, 2.05) is 34.9 Å². The van der Waals surface area contributed by atoms with Crippen LogP contribution < -0.4 is 9.80 Å². The van der Waals surface area contributed by atoms with Crippen molar-refractivity contribution in [3.05, 3.63) is 114 Å². The van der Waals surface area contributed by atoms with Crippen LogP contribution in [0, 0.1) is 13.6 Å². The zero-order chi connectivity index (χ0) is 42.8. The monoisotopic (exact) mass is 946 g/mol. The Morgan fingerprint density at radius 3 is 1.29 bits per heavy atom. The average Bonchev–Trinajstić information content (AvgIpc) is 3.70. The van der Waals surface area contributed by atoms with E-state index in [0.717, 1.165) is 5.56 Å². The number of benzene rings is 3. The fraction of sp³-hybridized carbons (Fsp3) is 0.585. The quantitative estimate of drug-likeness (QED) is 0.138. The molecule has 2 nitrogen and oxygen atoms in total. The van der Waals surface area contributed by atoms with Gasteiger partial charge in [-0.05, 0) is 159 Å². The van der Waals surface area contributed by atoms with Gasteiger partial charge in [0, 0.05) is 19.3 Å². The third-order valence-corrected chi connectivity index (χ3v) is 19.5. The van der Waals surface area contributed by atoms with Crippen LogP contribution in [0.2, 0.25) is 0 Å². The topological polar surface area (TPSA) is 6.48 Å². The molecule has 0 radical (unpaired) electrons. The van der Waals surface area contributed by atoms with Crippen LogP contribution in [0.1, 0.15) is 186 Å². The van der Waals surface area contributed by atoms with Crippen molar-refractivity contribution in [1.29, 1.82) is 0 Å². The van der Waals surface area contributed by atoms with Crippen LogP contribution in [0.3, 0.4) is 0 Å². The summed E-state index contributed by atoms with van der Waals surface area (Å²) in [5, 5.41) is 0. The summed E-state index contributed by atoms with van der Waals surface area (Å²) in [4.78, 5) is 4.46. The summed E-state index contributed by atoms with van der Waals surface area (Å²) >= 11 is -1.61. The van der Waals surface area contributed by atoms with E-state index in [0.29, 0.717) is 0 Å². The molecule has 0 N–H and O–H groups in total. The van der Waals surface area contributed by atoms with Gasteiger partial charge < -0.3 is 9.80 Å². The second-order valence-electron chi connectivity index (χ2n) is 21.0. The van der Waals surface area contributed by atoms with Crippen molar-refractivity contribution >= 4 is 43.3 Å². The molecule has 1 heterocycles. The predicted octanol–water partition coefficient (Wildman–Crippen LogP) is 16.8. The zero-order valence-electron chi connectivity index (χ0n) is 38.5. The van der Waals surface area contributed by atoms with E-state index in [1.54, 1.807) is 96.3 Å². The van der Waals surface area contributed by atoms with E-state index < -0.39 is 13.5 Å². The van der Waals surface area contributed by atoms with E-state index in [4.69, 9.17) is 19.4 Å². The Morgan fingerprint density at radius 1 is 0.542 bits per heavy atom. The normalized spacial score (nSPS) is 18.9. The fourth-order valence-corrected chi connectivity index (χ4v) is 16.6. The molecule has 0 saturated heterocycles. The van der Waals surface area contributed by atoms with Crippen LogP contribution in [0.15, 0.2) is 79.1 Å². The van der Waals surface area contributed by atoms with E-state index in [-0.39, 0.29) is 24.2 Å². The number of nitrogens with zero attached hydrogens (tertiary/aromatic N) is 2. The van der Waals surface area contributed by atoms with Crippen molar-refractivity contribution in [2.75, 3.05) is 9.80 Å². The summed E-state index contributed by atoms with van der Waals surface area (Å²) in [5.74, 6) is 0. The molecule has 7 rings (SSSR count). The Kier molecular flexibility index (Phi) is 18.3. The molecule has 0 spiro atoms. The van der Waals surface area contributed by atoms with Crippen molar-refractivity contribution in [3.8, 4) is 0 Å². The maximum atomic E-state index is 5.67. The van der Waals surface area contributed by atoms with Crippen LogP contribution in [0.4, 0.5) is 11.4 Å². The summed E-state index contributed by atoms with van der Waals surface area (Å²) < 4.78 is 1.92. The molecule has 4 aliphatic rings. The first-order valence-electron chi connectivity index (χ1n) is 23.0. The van der Waals surface area contributed by atoms with Crippen molar-refractivity contribution in [2.45, 2.75) is 199 Å².